The molecule has 0 aromatic heterocycles. The van der Waals surface area contributed by atoms with E-state index in [4.69, 9.17) is 4.74 Å². The molecular formula is C19H22FN3O2. The van der Waals surface area contributed by atoms with E-state index in [2.05, 4.69) is 15.5 Å². The highest BCUT2D eigenvalue weighted by molar-refractivity contribution is 5.95. The Labute approximate surface area is 146 Å². The van der Waals surface area contributed by atoms with Gasteiger partial charge in [0.2, 0.25) is 5.91 Å². The van der Waals surface area contributed by atoms with Crippen LogP contribution in [-0.4, -0.2) is 38.8 Å². The molecule has 2 N–H and O–H groups in total. The van der Waals surface area contributed by atoms with Gasteiger partial charge in [0.05, 0.1) is 31.1 Å². The maximum absolute atomic E-state index is 13.6. The summed E-state index contributed by atoms with van der Waals surface area (Å²) in [5, 5.41) is 5.91. The molecular weight excluding hydrogens is 321 g/mol. The lowest BCUT2D eigenvalue weighted by Crippen LogP contribution is -2.37. The Kier molecular flexibility index (Phi) is 5.98. The Morgan fingerprint density at radius 2 is 1.80 bits per heavy atom. The van der Waals surface area contributed by atoms with E-state index in [0.29, 0.717) is 25.3 Å². The molecule has 25 heavy (non-hydrogen) atoms. The fourth-order valence-electron chi connectivity index (χ4n) is 2.81. The summed E-state index contributed by atoms with van der Waals surface area (Å²) >= 11 is 0. The molecule has 5 nitrogen and oxygen atoms in total. The number of morpholine rings is 1. The molecule has 1 saturated heterocycles. The van der Waals surface area contributed by atoms with E-state index < -0.39 is 0 Å². The third kappa shape index (κ3) is 4.78. The fourth-order valence-corrected chi connectivity index (χ4v) is 2.81. The van der Waals surface area contributed by atoms with Gasteiger partial charge in [-0.1, -0.05) is 30.3 Å². The summed E-state index contributed by atoms with van der Waals surface area (Å²) in [5.74, 6) is -0.426. The van der Waals surface area contributed by atoms with Crippen molar-refractivity contribution in [3.05, 3.63) is 59.9 Å². The van der Waals surface area contributed by atoms with Crippen molar-refractivity contribution in [3.8, 4) is 0 Å². The van der Waals surface area contributed by atoms with Crippen molar-refractivity contribution in [1.82, 2.24) is 5.32 Å². The lowest BCUT2D eigenvalue weighted by molar-refractivity contribution is -0.115. The van der Waals surface area contributed by atoms with Gasteiger partial charge >= 0.3 is 0 Å². The smallest absolute Gasteiger partial charge is 0.238 e. The average Bonchev–Trinajstić information content (AvgIpc) is 2.64. The Hall–Kier alpha value is -2.44. The van der Waals surface area contributed by atoms with E-state index in [9.17, 15) is 9.18 Å². The third-order valence-electron chi connectivity index (χ3n) is 4.09. The topological polar surface area (TPSA) is 53.6 Å². The SMILES string of the molecule is O=C(CNCc1ccccc1F)Nc1ccccc1N1CCOCC1. The molecule has 2 aromatic carbocycles. The monoisotopic (exact) mass is 343 g/mol. The average molecular weight is 343 g/mol. The molecule has 0 bridgehead atoms. The first kappa shape index (κ1) is 17.4. The molecule has 1 amide bonds. The Balaban J connectivity index is 1.55. The fraction of sp³-hybridized carbons (Fsp3) is 0.316. The second-order valence-corrected chi connectivity index (χ2v) is 5.86. The zero-order valence-corrected chi connectivity index (χ0v) is 14.0. The van der Waals surface area contributed by atoms with Crippen LogP contribution in [0.2, 0.25) is 0 Å². The first-order valence-electron chi connectivity index (χ1n) is 8.40. The number of nitrogens with one attached hydrogen (secondary N) is 2. The number of carbonyl (C=O) groups is 1. The van der Waals surface area contributed by atoms with Gasteiger partial charge in [-0.25, -0.2) is 4.39 Å². The number of nitrogens with zero attached hydrogens (tertiary/aromatic N) is 1. The van der Waals surface area contributed by atoms with E-state index in [1.165, 1.54) is 6.07 Å². The largest absolute Gasteiger partial charge is 0.378 e. The maximum Gasteiger partial charge on any atom is 0.238 e. The number of anilines is 2. The van der Waals surface area contributed by atoms with Crippen molar-refractivity contribution >= 4 is 17.3 Å². The quantitative estimate of drug-likeness (QED) is 0.846. The summed E-state index contributed by atoms with van der Waals surface area (Å²) in [6.07, 6.45) is 0. The lowest BCUT2D eigenvalue weighted by atomic mass is 10.2. The van der Waals surface area contributed by atoms with Crippen LogP contribution in [-0.2, 0) is 16.1 Å². The molecule has 1 heterocycles. The Morgan fingerprint density at radius 3 is 2.60 bits per heavy atom. The number of ether oxygens (including phenoxy) is 1. The normalized spacial score (nSPS) is 14.4. The van der Waals surface area contributed by atoms with Gasteiger partial charge in [0.15, 0.2) is 0 Å². The van der Waals surface area contributed by atoms with Crippen molar-refractivity contribution in [1.29, 1.82) is 0 Å². The second kappa shape index (κ2) is 8.60. The Bertz CT molecular complexity index is 717. The Morgan fingerprint density at radius 1 is 1.08 bits per heavy atom. The predicted molar refractivity (Wildman–Crippen MR) is 96.2 cm³/mol. The molecule has 1 aliphatic heterocycles. The number of halogens is 1. The molecule has 3 rings (SSSR count). The predicted octanol–water partition coefficient (Wildman–Crippen LogP) is 2.39. The number of carbonyl (C=O) groups excluding carboxylic acids is 1. The van der Waals surface area contributed by atoms with Gasteiger partial charge in [-0.15, -0.1) is 0 Å². The summed E-state index contributed by atoms with van der Waals surface area (Å²) in [7, 11) is 0. The van der Waals surface area contributed by atoms with Crippen molar-refractivity contribution in [2.75, 3.05) is 43.1 Å². The van der Waals surface area contributed by atoms with Gasteiger partial charge in [-0.05, 0) is 18.2 Å². The number of para-hydroxylation sites is 2. The molecule has 2 aromatic rings. The first-order valence-corrected chi connectivity index (χ1v) is 8.40. The maximum atomic E-state index is 13.6. The summed E-state index contributed by atoms with van der Waals surface area (Å²) < 4.78 is 18.9. The van der Waals surface area contributed by atoms with Crippen LogP contribution < -0.4 is 15.5 Å². The van der Waals surface area contributed by atoms with Crippen molar-refractivity contribution in [2.24, 2.45) is 0 Å². The molecule has 0 radical (unpaired) electrons. The van der Waals surface area contributed by atoms with Crippen LogP contribution in [0.15, 0.2) is 48.5 Å². The van der Waals surface area contributed by atoms with E-state index in [-0.39, 0.29) is 18.3 Å². The van der Waals surface area contributed by atoms with Crippen molar-refractivity contribution < 1.29 is 13.9 Å². The van der Waals surface area contributed by atoms with E-state index in [0.717, 1.165) is 24.5 Å². The summed E-state index contributed by atoms with van der Waals surface area (Å²) in [5.41, 5.74) is 2.32. The van der Waals surface area contributed by atoms with E-state index in [1.807, 2.05) is 24.3 Å². The van der Waals surface area contributed by atoms with Crippen molar-refractivity contribution in [3.63, 3.8) is 0 Å². The molecule has 1 fully saturated rings. The standard InChI is InChI=1S/C19H22FN3O2/c20-16-6-2-1-5-15(16)13-21-14-19(24)22-17-7-3-4-8-18(17)23-9-11-25-12-10-23/h1-8,21H,9-14H2,(H,22,24). The van der Waals surface area contributed by atoms with Crippen LogP contribution in [0.3, 0.4) is 0 Å². The molecule has 132 valence electrons. The van der Waals surface area contributed by atoms with Crippen LogP contribution in [0.5, 0.6) is 0 Å². The van der Waals surface area contributed by atoms with Crippen LogP contribution in [0.1, 0.15) is 5.56 Å². The minimum Gasteiger partial charge on any atom is -0.378 e. The van der Waals surface area contributed by atoms with Gasteiger partial charge in [0.1, 0.15) is 5.82 Å². The molecule has 0 atom stereocenters. The van der Waals surface area contributed by atoms with E-state index >= 15 is 0 Å². The highest BCUT2D eigenvalue weighted by Crippen LogP contribution is 2.26. The zero-order valence-electron chi connectivity index (χ0n) is 14.0. The molecule has 0 aliphatic carbocycles. The summed E-state index contributed by atoms with van der Waals surface area (Å²) in [4.78, 5) is 14.4. The minimum atomic E-state index is -0.270. The minimum absolute atomic E-state index is 0.117. The first-order chi connectivity index (χ1) is 12.2. The third-order valence-corrected chi connectivity index (χ3v) is 4.09. The zero-order chi connectivity index (χ0) is 17.5. The van der Waals surface area contributed by atoms with Crippen LogP contribution in [0, 0.1) is 5.82 Å². The molecule has 0 spiro atoms. The van der Waals surface area contributed by atoms with Gasteiger partial charge in [-0.2, -0.15) is 0 Å². The van der Waals surface area contributed by atoms with Crippen LogP contribution in [0.4, 0.5) is 15.8 Å². The highest BCUT2D eigenvalue weighted by Gasteiger charge is 2.15. The number of amides is 1. The number of rotatable bonds is 6. The molecule has 6 heteroatoms. The number of hydrogen-bond acceptors (Lipinski definition) is 4. The molecule has 0 saturated carbocycles. The second-order valence-electron chi connectivity index (χ2n) is 5.86. The molecule has 1 aliphatic rings. The number of benzene rings is 2. The van der Waals surface area contributed by atoms with Gasteiger partial charge in [-0.3, -0.25) is 4.79 Å². The van der Waals surface area contributed by atoms with Gasteiger partial charge < -0.3 is 20.3 Å². The number of hydrogen-bond donors (Lipinski definition) is 2. The lowest BCUT2D eigenvalue weighted by Gasteiger charge is -2.30. The highest BCUT2D eigenvalue weighted by atomic mass is 19.1. The van der Waals surface area contributed by atoms with E-state index in [1.54, 1.807) is 18.2 Å². The van der Waals surface area contributed by atoms with Crippen molar-refractivity contribution in [2.45, 2.75) is 6.54 Å². The molecule has 0 unspecified atom stereocenters. The van der Waals surface area contributed by atoms with Gasteiger partial charge in [0, 0.05) is 25.2 Å². The van der Waals surface area contributed by atoms with Crippen LogP contribution >= 0.6 is 0 Å². The van der Waals surface area contributed by atoms with Crippen LogP contribution in [0.25, 0.3) is 0 Å². The summed E-state index contributed by atoms with van der Waals surface area (Å²) in [6.45, 7) is 3.41. The summed E-state index contributed by atoms with van der Waals surface area (Å²) in [6, 6.07) is 14.3. The van der Waals surface area contributed by atoms with Gasteiger partial charge in [0.25, 0.3) is 0 Å².